The van der Waals surface area contributed by atoms with Gasteiger partial charge in [0.1, 0.15) is 0 Å². The molecule has 0 aromatic heterocycles. The van der Waals surface area contributed by atoms with Crippen molar-refractivity contribution in [3.8, 4) is 0 Å². The fourth-order valence-corrected chi connectivity index (χ4v) is 3.04. The van der Waals surface area contributed by atoms with Gasteiger partial charge in [0.25, 0.3) is 0 Å². The zero-order chi connectivity index (χ0) is 14.3. The van der Waals surface area contributed by atoms with E-state index >= 15 is 0 Å². The van der Waals surface area contributed by atoms with Crippen LogP contribution < -0.4 is 10.2 Å². The highest BCUT2D eigenvalue weighted by Crippen LogP contribution is 2.25. The average molecular weight is 280 g/mol. The number of nitrogens with zero attached hydrogens (tertiary/aromatic N) is 1. The molecule has 0 amide bonds. The van der Waals surface area contributed by atoms with Crippen molar-refractivity contribution in [3.63, 3.8) is 0 Å². The van der Waals surface area contributed by atoms with E-state index in [9.17, 15) is 0 Å². The summed E-state index contributed by atoms with van der Waals surface area (Å²) in [7, 11) is 0. The molecule has 2 nitrogen and oxygen atoms in total. The Hall–Kier alpha value is -1.80. The SMILES string of the molecule is c1ccc(CNCCN2CCCCc3ccccc32)cc1. The zero-order valence-electron chi connectivity index (χ0n) is 12.6. The van der Waals surface area contributed by atoms with Gasteiger partial charge in [-0.3, -0.25) is 0 Å². The molecule has 0 atom stereocenters. The van der Waals surface area contributed by atoms with E-state index in [1.807, 2.05) is 0 Å². The second-order valence-electron chi connectivity index (χ2n) is 5.74. The molecule has 0 aliphatic carbocycles. The summed E-state index contributed by atoms with van der Waals surface area (Å²) >= 11 is 0. The molecule has 0 radical (unpaired) electrons. The highest BCUT2D eigenvalue weighted by molar-refractivity contribution is 5.54. The van der Waals surface area contributed by atoms with Crippen LogP contribution in [0.4, 0.5) is 5.69 Å². The maximum atomic E-state index is 3.56. The molecule has 2 aromatic rings. The maximum absolute atomic E-state index is 3.56. The normalized spacial score (nSPS) is 14.6. The van der Waals surface area contributed by atoms with Crippen LogP contribution in [0.1, 0.15) is 24.0 Å². The van der Waals surface area contributed by atoms with E-state index in [1.54, 1.807) is 0 Å². The largest absolute Gasteiger partial charge is 0.370 e. The number of nitrogens with one attached hydrogen (secondary N) is 1. The zero-order valence-corrected chi connectivity index (χ0v) is 12.6. The van der Waals surface area contributed by atoms with E-state index in [-0.39, 0.29) is 0 Å². The average Bonchev–Trinajstić information content (AvgIpc) is 2.75. The predicted octanol–water partition coefficient (Wildman–Crippen LogP) is 3.62. The fraction of sp³-hybridized carbons (Fsp3) is 0.368. The molecule has 0 bridgehead atoms. The molecule has 110 valence electrons. The van der Waals surface area contributed by atoms with Gasteiger partial charge < -0.3 is 10.2 Å². The number of aryl methyl sites for hydroxylation is 1. The van der Waals surface area contributed by atoms with Gasteiger partial charge in [-0.05, 0) is 36.5 Å². The second kappa shape index (κ2) is 7.28. The highest BCUT2D eigenvalue weighted by atomic mass is 15.1. The monoisotopic (exact) mass is 280 g/mol. The Kier molecular flexibility index (Phi) is 4.90. The molecule has 2 heteroatoms. The van der Waals surface area contributed by atoms with Crippen LogP contribution in [0.25, 0.3) is 0 Å². The first-order valence-electron chi connectivity index (χ1n) is 8.01. The van der Waals surface area contributed by atoms with Gasteiger partial charge in [-0.1, -0.05) is 48.5 Å². The van der Waals surface area contributed by atoms with E-state index in [0.29, 0.717) is 0 Å². The predicted molar refractivity (Wildman–Crippen MR) is 89.7 cm³/mol. The summed E-state index contributed by atoms with van der Waals surface area (Å²) < 4.78 is 0. The third kappa shape index (κ3) is 3.85. The van der Waals surface area contributed by atoms with Gasteiger partial charge in [0.05, 0.1) is 0 Å². The third-order valence-corrected chi connectivity index (χ3v) is 4.19. The van der Waals surface area contributed by atoms with Crippen molar-refractivity contribution in [2.75, 3.05) is 24.5 Å². The summed E-state index contributed by atoms with van der Waals surface area (Å²) in [5.74, 6) is 0. The summed E-state index contributed by atoms with van der Waals surface area (Å²) in [6, 6.07) is 19.5. The number of benzene rings is 2. The number of para-hydroxylation sites is 1. The lowest BCUT2D eigenvalue weighted by molar-refractivity contribution is 0.646. The molecular weight excluding hydrogens is 256 g/mol. The van der Waals surface area contributed by atoms with Crippen LogP contribution >= 0.6 is 0 Å². The highest BCUT2D eigenvalue weighted by Gasteiger charge is 2.13. The Morgan fingerprint density at radius 3 is 2.62 bits per heavy atom. The summed E-state index contributed by atoms with van der Waals surface area (Å²) in [6.07, 6.45) is 3.84. The summed E-state index contributed by atoms with van der Waals surface area (Å²) in [5.41, 5.74) is 4.31. The number of hydrogen-bond acceptors (Lipinski definition) is 2. The van der Waals surface area contributed by atoms with Gasteiger partial charge in [-0.15, -0.1) is 0 Å². The molecule has 0 saturated carbocycles. The van der Waals surface area contributed by atoms with Crippen molar-refractivity contribution in [1.29, 1.82) is 0 Å². The van der Waals surface area contributed by atoms with Crippen LogP contribution in [0.5, 0.6) is 0 Å². The molecule has 2 aromatic carbocycles. The third-order valence-electron chi connectivity index (χ3n) is 4.19. The number of hydrogen-bond donors (Lipinski definition) is 1. The Morgan fingerprint density at radius 1 is 0.905 bits per heavy atom. The van der Waals surface area contributed by atoms with Gasteiger partial charge in [0.15, 0.2) is 0 Å². The molecule has 0 unspecified atom stereocenters. The van der Waals surface area contributed by atoms with Crippen molar-refractivity contribution in [1.82, 2.24) is 5.32 Å². The first-order valence-corrected chi connectivity index (χ1v) is 8.01. The quantitative estimate of drug-likeness (QED) is 0.842. The van der Waals surface area contributed by atoms with Crippen molar-refractivity contribution < 1.29 is 0 Å². The van der Waals surface area contributed by atoms with Crippen LogP contribution in [0.3, 0.4) is 0 Å². The number of anilines is 1. The molecule has 3 rings (SSSR count). The molecule has 21 heavy (non-hydrogen) atoms. The fourth-order valence-electron chi connectivity index (χ4n) is 3.04. The molecule has 1 aliphatic rings. The van der Waals surface area contributed by atoms with E-state index in [0.717, 1.165) is 19.6 Å². The second-order valence-corrected chi connectivity index (χ2v) is 5.74. The van der Waals surface area contributed by atoms with Crippen molar-refractivity contribution in [2.24, 2.45) is 0 Å². The van der Waals surface area contributed by atoms with Crippen molar-refractivity contribution >= 4 is 5.69 Å². The lowest BCUT2D eigenvalue weighted by Crippen LogP contribution is -2.32. The minimum Gasteiger partial charge on any atom is -0.370 e. The molecule has 1 heterocycles. The minimum atomic E-state index is 0.955. The van der Waals surface area contributed by atoms with Gasteiger partial charge >= 0.3 is 0 Å². The lowest BCUT2D eigenvalue weighted by Gasteiger charge is -2.25. The van der Waals surface area contributed by atoms with Crippen LogP contribution in [-0.4, -0.2) is 19.6 Å². The Labute approximate surface area is 127 Å². The Bertz CT molecular complexity index is 551. The van der Waals surface area contributed by atoms with Crippen LogP contribution in [0.2, 0.25) is 0 Å². The molecule has 0 saturated heterocycles. The van der Waals surface area contributed by atoms with E-state index in [4.69, 9.17) is 0 Å². The lowest BCUT2D eigenvalue weighted by atomic mass is 10.1. The molecule has 0 fully saturated rings. The first kappa shape index (κ1) is 14.2. The van der Waals surface area contributed by atoms with Crippen LogP contribution in [0, 0.1) is 0 Å². The summed E-state index contributed by atoms with van der Waals surface area (Å²) in [5, 5.41) is 3.56. The van der Waals surface area contributed by atoms with Crippen molar-refractivity contribution in [2.45, 2.75) is 25.8 Å². The van der Waals surface area contributed by atoms with Crippen LogP contribution in [0.15, 0.2) is 54.6 Å². The summed E-state index contributed by atoms with van der Waals surface area (Å²) in [4.78, 5) is 2.54. The van der Waals surface area contributed by atoms with E-state index in [2.05, 4.69) is 64.8 Å². The van der Waals surface area contributed by atoms with Crippen LogP contribution in [-0.2, 0) is 13.0 Å². The van der Waals surface area contributed by atoms with Gasteiger partial charge in [0.2, 0.25) is 0 Å². The first-order chi connectivity index (χ1) is 10.4. The molecule has 1 N–H and O–H groups in total. The summed E-state index contributed by atoms with van der Waals surface area (Å²) in [6.45, 7) is 4.26. The smallest absolute Gasteiger partial charge is 0.0399 e. The van der Waals surface area contributed by atoms with E-state index in [1.165, 1.54) is 42.6 Å². The van der Waals surface area contributed by atoms with Gasteiger partial charge in [-0.25, -0.2) is 0 Å². The maximum Gasteiger partial charge on any atom is 0.0399 e. The molecule has 0 spiro atoms. The van der Waals surface area contributed by atoms with E-state index < -0.39 is 0 Å². The van der Waals surface area contributed by atoms with Crippen molar-refractivity contribution in [3.05, 3.63) is 65.7 Å². The molecular formula is C19H24N2. The number of fused-ring (bicyclic) bond motifs is 1. The van der Waals surface area contributed by atoms with Gasteiger partial charge in [0, 0.05) is 31.9 Å². The Balaban J connectivity index is 1.53. The minimum absolute atomic E-state index is 0.955. The Morgan fingerprint density at radius 2 is 1.71 bits per heavy atom. The number of rotatable bonds is 5. The topological polar surface area (TPSA) is 15.3 Å². The standard InChI is InChI=1S/C19H24N2/c1-2-8-17(9-3-1)16-20-13-15-21-14-7-6-11-18-10-4-5-12-19(18)21/h1-5,8-10,12,20H,6-7,11,13-16H2. The van der Waals surface area contributed by atoms with Gasteiger partial charge in [-0.2, -0.15) is 0 Å². The molecule has 1 aliphatic heterocycles.